The zero-order valence-corrected chi connectivity index (χ0v) is 8.90. The zero-order valence-electron chi connectivity index (χ0n) is 8.90. The largest absolute Gasteiger partial charge is 0.324 e. The molecular formula is C11H16N4. The van der Waals surface area contributed by atoms with Gasteiger partial charge in [-0.1, -0.05) is 13.0 Å². The highest BCUT2D eigenvalue weighted by atomic mass is 15.1. The Balaban J connectivity index is 2.45. The smallest absolute Gasteiger partial charge is 0.127 e. The van der Waals surface area contributed by atoms with Crippen LogP contribution in [0, 0.1) is 0 Å². The van der Waals surface area contributed by atoms with Crippen molar-refractivity contribution in [1.82, 2.24) is 14.7 Å². The van der Waals surface area contributed by atoms with Gasteiger partial charge in [0.2, 0.25) is 0 Å². The SMILES string of the molecule is CCNCc1nc(CN)n2ccccc12. The third-order valence-electron chi connectivity index (χ3n) is 2.42. The molecule has 2 heterocycles. The first-order valence-electron chi connectivity index (χ1n) is 5.22. The fraction of sp³-hybridized carbons (Fsp3) is 0.364. The number of hydrogen-bond acceptors (Lipinski definition) is 3. The molecule has 0 aliphatic rings. The van der Waals surface area contributed by atoms with Crippen LogP contribution >= 0.6 is 0 Å². The summed E-state index contributed by atoms with van der Waals surface area (Å²) in [5.74, 6) is 0.915. The standard InChI is InChI=1S/C11H16N4/c1-2-13-8-9-10-5-3-4-6-15(10)11(7-12)14-9/h3-6,13H,2,7-8,12H2,1H3. The van der Waals surface area contributed by atoms with Gasteiger partial charge in [0.05, 0.1) is 17.8 Å². The Morgan fingerprint density at radius 3 is 3.07 bits per heavy atom. The molecule has 0 saturated heterocycles. The van der Waals surface area contributed by atoms with E-state index in [-0.39, 0.29) is 0 Å². The number of rotatable bonds is 4. The third-order valence-corrected chi connectivity index (χ3v) is 2.42. The minimum atomic E-state index is 0.470. The van der Waals surface area contributed by atoms with Gasteiger partial charge in [-0.05, 0) is 18.7 Å². The van der Waals surface area contributed by atoms with E-state index in [2.05, 4.69) is 23.3 Å². The number of aromatic nitrogens is 2. The molecule has 2 aromatic rings. The lowest BCUT2D eigenvalue weighted by Crippen LogP contribution is -2.12. The van der Waals surface area contributed by atoms with Gasteiger partial charge in [0, 0.05) is 12.7 Å². The first kappa shape index (κ1) is 10.1. The summed E-state index contributed by atoms with van der Waals surface area (Å²) in [6.07, 6.45) is 2.00. The molecule has 0 atom stereocenters. The van der Waals surface area contributed by atoms with Gasteiger partial charge in [-0.25, -0.2) is 4.98 Å². The second kappa shape index (κ2) is 4.42. The Morgan fingerprint density at radius 1 is 1.47 bits per heavy atom. The van der Waals surface area contributed by atoms with E-state index in [1.807, 2.05) is 22.7 Å². The van der Waals surface area contributed by atoms with E-state index >= 15 is 0 Å². The minimum absolute atomic E-state index is 0.470. The van der Waals surface area contributed by atoms with Crippen LogP contribution < -0.4 is 11.1 Å². The van der Waals surface area contributed by atoms with Crippen molar-refractivity contribution < 1.29 is 0 Å². The fourth-order valence-corrected chi connectivity index (χ4v) is 1.69. The molecule has 2 aromatic heterocycles. The molecule has 0 saturated carbocycles. The summed E-state index contributed by atoms with van der Waals surface area (Å²) in [4.78, 5) is 4.52. The normalized spacial score (nSPS) is 11.1. The molecule has 80 valence electrons. The van der Waals surface area contributed by atoms with Crippen LogP contribution in [0.1, 0.15) is 18.4 Å². The van der Waals surface area contributed by atoms with Crippen molar-refractivity contribution in [2.75, 3.05) is 6.54 Å². The van der Waals surface area contributed by atoms with Crippen LogP contribution in [0.15, 0.2) is 24.4 Å². The molecule has 0 spiro atoms. The Labute approximate surface area is 89.1 Å². The Bertz CT molecular complexity index is 447. The summed E-state index contributed by atoms with van der Waals surface area (Å²) in [7, 11) is 0. The molecule has 0 fully saturated rings. The monoisotopic (exact) mass is 204 g/mol. The molecule has 0 amide bonds. The highest BCUT2D eigenvalue weighted by Gasteiger charge is 2.07. The van der Waals surface area contributed by atoms with E-state index in [1.54, 1.807) is 0 Å². The fourth-order valence-electron chi connectivity index (χ4n) is 1.69. The van der Waals surface area contributed by atoms with Crippen LogP contribution in [0.2, 0.25) is 0 Å². The van der Waals surface area contributed by atoms with Gasteiger partial charge in [0.1, 0.15) is 5.82 Å². The van der Waals surface area contributed by atoms with Crippen LogP contribution in [-0.4, -0.2) is 15.9 Å². The molecule has 2 rings (SSSR count). The Morgan fingerprint density at radius 2 is 2.33 bits per heavy atom. The van der Waals surface area contributed by atoms with Gasteiger partial charge in [-0.2, -0.15) is 0 Å². The average molecular weight is 204 g/mol. The van der Waals surface area contributed by atoms with Crippen molar-refractivity contribution >= 4 is 5.52 Å². The van der Waals surface area contributed by atoms with Crippen LogP contribution in [0.3, 0.4) is 0 Å². The third kappa shape index (κ3) is 1.86. The zero-order chi connectivity index (χ0) is 10.7. The van der Waals surface area contributed by atoms with Crippen LogP contribution in [-0.2, 0) is 13.1 Å². The predicted molar refractivity (Wildman–Crippen MR) is 60.5 cm³/mol. The second-order valence-corrected chi connectivity index (χ2v) is 3.42. The lowest BCUT2D eigenvalue weighted by Gasteiger charge is -1.98. The molecule has 15 heavy (non-hydrogen) atoms. The number of nitrogens with one attached hydrogen (secondary N) is 1. The maximum atomic E-state index is 5.65. The maximum absolute atomic E-state index is 5.65. The molecule has 0 radical (unpaired) electrons. The number of pyridine rings is 1. The van der Waals surface area contributed by atoms with Gasteiger partial charge in [-0.15, -0.1) is 0 Å². The Kier molecular flexibility index (Phi) is 2.99. The molecule has 0 bridgehead atoms. The summed E-state index contributed by atoms with van der Waals surface area (Å²) in [5, 5.41) is 3.28. The first-order valence-corrected chi connectivity index (χ1v) is 5.22. The molecule has 0 aliphatic carbocycles. The first-order chi connectivity index (χ1) is 7.36. The van der Waals surface area contributed by atoms with Crippen molar-refractivity contribution in [3.8, 4) is 0 Å². The highest BCUT2D eigenvalue weighted by Crippen LogP contribution is 2.12. The van der Waals surface area contributed by atoms with Crippen LogP contribution in [0.5, 0.6) is 0 Å². The van der Waals surface area contributed by atoms with E-state index in [4.69, 9.17) is 5.73 Å². The molecule has 0 aliphatic heterocycles. The van der Waals surface area contributed by atoms with Gasteiger partial charge in [-0.3, -0.25) is 0 Å². The lowest BCUT2D eigenvalue weighted by molar-refractivity contribution is 0.715. The van der Waals surface area contributed by atoms with Crippen molar-refractivity contribution in [2.45, 2.75) is 20.0 Å². The van der Waals surface area contributed by atoms with Crippen LogP contribution in [0.4, 0.5) is 0 Å². The summed E-state index contributed by atoms with van der Waals surface area (Å²) < 4.78 is 2.05. The lowest BCUT2D eigenvalue weighted by atomic mass is 10.3. The topological polar surface area (TPSA) is 55.3 Å². The van der Waals surface area contributed by atoms with E-state index in [9.17, 15) is 0 Å². The van der Waals surface area contributed by atoms with Gasteiger partial charge < -0.3 is 15.5 Å². The quantitative estimate of drug-likeness (QED) is 0.778. The molecule has 0 unspecified atom stereocenters. The van der Waals surface area contributed by atoms with Gasteiger partial charge in [0.25, 0.3) is 0 Å². The number of hydrogen-bond donors (Lipinski definition) is 2. The summed E-state index contributed by atoms with van der Waals surface area (Å²) in [6.45, 7) is 4.30. The van der Waals surface area contributed by atoms with Gasteiger partial charge in [0.15, 0.2) is 0 Å². The molecule has 4 heteroatoms. The van der Waals surface area contributed by atoms with E-state index in [0.717, 1.165) is 30.1 Å². The Hall–Kier alpha value is -1.39. The van der Waals surface area contributed by atoms with E-state index in [0.29, 0.717) is 6.54 Å². The predicted octanol–water partition coefficient (Wildman–Crippen LogP) is 0.902. The van der Waals surface area contributed by atoms with E-state index < -0.39 is 0 Å². The number of fused-ring (bicyclic) bond motifs is 1. The molecule has 3 N–H and O–H groups in total. The summed E-state index contributed by atoms with van der Waals surface area (Å²) >= 11 is 0. The van der Waals surface area contributed by atoms with Crippen molar-refractivity contribution in [2.24, 2.45) is 5.73 Å². The maximum Gasteiger partial charge on any atom is 0.127 e. The van der Waals surface area contributed by atoms with Crippen molar-refractivity contribution in [3.05, 3.63) is 35.9 Å². The average Bonchev–Trinajstić information content (AvgIpc) is 2.65. The summed E-state index contributed by atoms with van der Waals surface area (Å²) in [5.41, 5.74) is 7.86. The number of imidazole rings is 1. The number of nitrogens with zero attached hydrogens (tertiary/aromatic N) is 2. The number of nitrogens with two attached hydrogens (primary N) is 1. The summed E-state index contributed by atoms with van der Waals surface area (Å²) in [6, 6.07) is 6.08. The second-order valence-electron chi connectivity index (χ2n) is 3.42. The van der Waals surface area contributed by atoms with E-state index in [1.165, 1.54) is 0 Å². The molecule has 0 aromatic carbocycles. The molecule has 4 nitrogen and oxygen atoms in total. The van der Waals surface area contributed by atoms with Crippen LogP contribution in [0.25, 0.3) is 5.52 Å². The van der Waals surface area contributed by atoms with Crippen molar-refractivity contribution in [3.63, 3.8) is 0 Å². The highest BCUT2D eigenvalue weighted by molar-refractivity contribution is 5.53. The minimum Gasteiger partial charge on any atom is -0.324 e. The van der Waals surface area contributed by atoms with Crippen molar-refractivity contribution in [1.29, 1.82) is 0 Å². The van der Waals surface area contributed by atoms with Gasteiger partial charge >= 0.3 is 0 Å². The molecular weight excluding hydrogens is 188 g/mol.